The zero-order valence-corrected chi connectivity index (χ0v) is 23.2. The molecule has 0 saturated heterocycles. The molecule has 0 aliphatic carbocycles. The molecule has 0 amide bonds. The van der Waals surface area contributed by atoms with E-state index in [1.165, 1.54) is 5.57 Å². The summed E-state index contributed by atoms with van der Waals surface area (Å²) in [5.74, 6) is -0.819. The molecule has 0 radical (unpaired) electrons. The molecule has 0 unspecified atom stereocenters. The second-order valence-corrected chi connectivity index (χ2v) is 10.2. The van der Waals surface area contributed by atoms with Crippen molar-refractivity contribution < 1.29 is 9.90 Å². The van der Waals surface area contributed by atoms with Gasteiger partial charge in [-0.15, -0.1) is 0 Å². The third kappa shape index (κ3) is 4.46. The standard InChI is InChI=1S/C33H34N4O2/c1-8-21-17(4)25-13-26-18(5)23(10-3)31(35-26)16-32-24(11-12-33(38)39)20(7)28(37-32)15-30-22(9-2)19(6)27(36-30)14-29(21)34-25/h8-9,13-16,34,37H,1-2,10-12H2,3-7H3,(H,38,39). The van der Waals surface area contributed by atoms with Crippen LogP contribution in [0.4, 0.5) is 0 Å². The number of nitrogens with one attached hydrogen (secondary N) is 2. The van der Waals surface area contributed by atoms with Gasteiger partial charge in [-0.2, -0.15) is 0 Å². The number of fused-ring (bicyclic) bond motifs is 8. The molecule has 0 saturated carbocycles. The zero-order valence-electron chi connectivity index (χ0n) is 23.2. The van der Waals surface area contributed by atoms with Crippen molar-refractivity contribution in [2.45, 2.75) is 53.9 Å². The number of aromatic amines is 2. The van der Waals surface area contributed by atoms with Crippen LogP contribution in [0.1, 0.15) is 78.6 Å². The third-order valence-electron chi connectivity index (χ3n) is 7.99. The van der Waals surface area contributed by atoms with Gasteiger partial charge in [0.1, 0.15) is 0 Å². The lowest BCUT2D eigenvalue weighted by atomic mass is 10.0. The Balaban J connectivity index is 1.97. The highest BCUT2D eigenvalue weighted by molar-refractivity contribution is 5.98. The Morgan fingerprint density at radius 3 is 2.08 bits per heavy atom. The summed E-state index contributed by atoms with van der Waals surface area (Å²) in [7, 11) is 0. The van der Waals surface area contributed by atoms with Crippen LogP contribution in [-0.4, -0.2) is 31.0 Å². The number of aliphatic carboxylic acids is 1. The number of carboxylic acid groups (broad SMARTS) is 1. The number of aryl methyl sites for hydroxylation is 3. The number of carboxylic acids is 1. The van der Waals surface area contributed by atoms with Crippen molar-refractivity contribution >= 4 is 56.4 Å². The molecule has 3 aromatic rings. The number of aromatic nitrogens is 4. The van der Waals surface area contributed by atoms with Crippen molar-refractivity contribution in [2.24, 2.45) is 0 Å². The molecule has 3 aromatic heterocycles. The molecule has 0 atom stereocenters. The lowest BCUT2D eigenvalue weighted by molar-refractivity contribution is -0.136. The Morgan fingerprint density at radius 2 is 1.41 bits per heavy atom. The van der Waals surface area contributed by atoms with E-state index in [1.54, 1.807) is 0 Å². The van der Waals surface area contributed by atoms with Crippen LogP contribution in [0, 0.1) is 13.8 Å². The molecule has 39 heavy (non-hydrogen) atoms. The van der Waals surface area contributed by atoms with Crippen molar-refractivity contribution in [2.75, 3.05) is 0 Å². The van der Waals surface area contributed by atoms with Crippen LogP contribution < -0.4 is 0 Å². The number of hydrogen-bond acceptors (Lipinski definition) is 3. The zero-order chi connectivity index (χ0) is 28.0. The molecule has 6 heteroatoms. The lowest BCUT2D eigenvalue weighted by Crippen LogP contribution is -1.98. The summed E-state index contributed by atoms with van der Waals surface area (Å²) in [4.78, 5) is 28.7. The second-order valence-electron chi connectivity index (χ2n) is 10.2. The number of H-pyrrole nitrogens is 2. The van der Waals surface area contributed by atoms with E-state index in [9.17, 15) is 9.90 Å². The van der Waals surface area contributed by atoms with E-state index in [1.807, 2.05) is 25.1 Å². The largest absolute Gasteiger partial charge is 0.481 e. The first-order valence-corrected chi connectivity index (χ1v) is 13.3. The Kier molecular flexibility index (Phi) is 6.73. The minimum Gasteiger partial charge on any atom is -0.481 e. The van der Waals surface area contributed by atoms with Crippen LogP contribution in [0.15, 0.2) is 43.5 Å². The molecule has 8 bridgehead atoms. The van der Waals surface area contributed by atoms with E-state index >= 15 is 0 Å². The topological polar surface area (TPSA) is 94.7 Å². The fourth-order valence-electron chi connectivity index (χ4n) is 5.67. The highest BCUT2D eigenvalue weighted by Crippen LogP contribution is 2.35. The lowest BCUT2D eigenvalue weighted by Gasteiger charge is -2.01. The molecule has 198 valence electrons. The van der Waals surface area contributed by atoms with Crippen LogP contribution in [0.3, 0.4) is 0 Å². The van der Waals surface area contributed by atoms with Crippen molar-refractivity contribution in [3.05, 3.63) is 88.5 Å². The molecule has 6 nitrogen and oxygen atoms in total. The van der Waals surface area contributed by atoms with Crippen molar-refractivity contribution in [1.82, 2.24) is 19.9 Å². The normalized spacial score (nSPS) is 13.3. The van der Waals surface area contributed by atoms with Gasteiger partial charge >= 0.3 is 5.97 Å². The smallest absolute Gasteiger partial charge is 0.303 e. The minimum atomic E-state index is -0.819. The van der Waals surface area contributed by atoms with Gasteiger partial charge in [0, 0.05) is 39.6 Å². The van der Waals surface area contributed by atoms with Crippen molar-refractivity contribution in [1.29, 1.82) is 0 Å². The summed E-state index contributed by atoms with van der Waals surface area (Å²) in [6.45, 7) is 18.6. The van der Waals surface area contributed by atoms with Gasteiger partial charge in [-0.3, -0.25) is 4.79 Å². The predicted molar refractivity (Wildman–Crippen MR) is 162 cm³/mol. The molecule has 0 spiro atoms. The maximum Gasteiger partial charge on any atom is 0.303 e. The first-order valence-electron chi connectivity index (χ1n) is 13.3. The summed E-state index contributed by atoms with van der Waals surface area (Å²) in [5, 5.41) is 9.42. The molecule has 5 rings (SSSR count). The molecule has 0 aromatic carbocycles. The number of hydrogen-bond donors (Lipinski definition) is 3. The summed E-state index contributed by atoms with van der Waals surface area (Å²) in [6, 6.07) is 8.28. The maximum atomic E-state index is 11.5. The summed E-state index contributed by atoms with van der Waals surface area (Å²) in [5.41, 5.74) is 15.7. The highest BCUT2D eigenvalue weighted by atomic mass is 16.4. The van der Waals surface area contributed by atoms with Crippen LogP contribution in [0.5, 0.6) is 0 Å². The number of carbonyl (C=O) groups is 1. The average Bonchev–Trinajstić information content (AvgIpc) is 3.55. The molecule has 0 fully saturated rings. The monoisotopic (exact) mass is 518 g/mol. The fraction of sp³-hybridized carbons (Fsp3) is 0.242. The van der Waals surface area contributed by atoms with E-state index in [2.05, 4.69) is 69.0 Å². The van der Waals surface area contributed by atoms with E-state index in [-0.39, 0.29) is 6.42 Å². The van der Waals surface area contributed by atoms with Gasteiger partial charge < -0.3 is 15.1 Å². The van der Waals surface area contributed by atoms with E-state index in [0.29, 0.717) is 6.42 Å². The van der Waals surface area contributed by atoms with Gasteiger partial charge in [-0.25, -0.2) is 9.97 Å². The number of allylic oxidation sites excluding steroid dienone is 5. The predicted octanol–water partition coefficient (Wildman–Crippen LogP) is 8.05. The first-order chi connectivity index (χ1) is 18.7. The molecule has 2 aliphatic rings. The van der Waals surface area contributed by atoms with Crippen LogP contribution >= 0.6 is 0 Å². The van der Waals surface area contributed by atoms with Crippen LogP contribution in [0.25, 0.3) is 50.4 Å². The fourth-order valence-corrected chi connectivity index (χ4v) is 5.67. The quantitative estimate of drug-likeness (QED) is 0.308. The molecular formula is C33H34N4O2. The van der Waals surface area contributed by atoms with Crippen LogP contribution in [-0.2, 0) is 11.2 Å². The van der Waals surface area contributed by atoms with Gasteiger partial charge in [0.05, 0.1) is 22.8 Å². The third-order valence-corrected chi connectivity index (χ3v) is 7.99. The average molecular weight is 519 g/mol. The van der Waals surface area contributed by atoms with E-state index in [0.717, 1.165) is 90.2 Å². The van der Waals surface area contributed by atoms with Gasteiger partial charge in [0.25, 0.3) is 0 Å². The number of rotatable bonds is 6. The summed E-state index contributed by atoms with van der Waals surface area (Å²) < 4.78 is 0. The molecular weight excluding hydrogens is 484 g/mol. The Hall–Kier alpha value is -4.45. The highest BCUT2D eigenvalue weighted by Gasteiger charge is 2.19. The maximum absolute atomic E-state index is 11.5. The van der Waals surface area contributed by atoms with Crippen molar-refractivity contribution in [3.63, 3.8) is 0 Å². The molecule has 2 aliphatic heterocycles. The second kappa shape index (κ2) is 10.0. The SMILES string of the molecule is C=CC1=C(C)c2cc3[nH]c(cc4nc(cc5[nH]c(cc1n2)c(C)c5CCC(=O)O)C(CC)=C4C)c(C)c3C=C. The molecule has 5 heterocycles. The van der Waals surface area contributed by atoms with Gasteiger partial charge in [0.15, 0.2) is 0 Å². The Bertz CT molecular complexity index is 1790. The van der Waals surface area contributed by atoms with Gasteiger partial charge in [0.2, 0.25) is 0 Å². The Labute approximate surface area is 228 Å². The van der Waals surface area contributed by atoms with Crippen molar-refractivity contribution in [3.8, 4) is 0 Å². The number of nitrogens with zero attached hydrogens (tertiary/aromatic N) is 2. The Morgan fingerprint density at radius 1 is 0.821 bits per heavy atom. The van der Waals surface area contributed by atoms with E-state index < -0.39 is 5.97 Å². The van der Waals surface area contributed by atoms with Crippen LogP contribution in [0.2, 0.25) is 0 Å². The first kappa shape index (κ1) is 26.2. The van der Waals surface area contributed by atoms with Gasteiger partial charge in [-0.1, -0.05) is 32.2 Å². The van der Waals surface area contributed by atoms with Gasteiger partial charge in [-0.05, 0) is 98.2 Å². The minimum absolute atomic E-state index is 0.0523. The summed E-state index contributed by atoms with van der Waals surface area (Å²) in [6.07, 6.45) is 5.04. The molecule has 3 N–H and O–H groups in total. The van der Waals surface area contributed by atoms with E-state index in [4.69, 9.17) is 9.97 Å². The summed E-state index contributed by atoms with van der Waals surface area (Å²) >= 11 is 0.